The molecule has 0 atom stereocenters. The summed E-state index contributed by atoms with van der Waals surface area (Å²) in [6, 6.07) is 0. The van der Waals surface area contributed by atoms with Crippen molar-refractivity contribution in [3.05, 3.63) is 0 Å². The summed E-state index contributed by atoms with van der Waals surface area (Å²) in [7, 11) is 0. The van der Waals surface area contributed by atoms with E-state index in [0.29, 0.717) is 6.42 Å². The van der Waals surface area contributed by atoms with Crippen LogP contribution < -0.4 is 0 Å². The molecular formula is C16H34O2Pb. The van der Waals surface area contributed by atoms with Crippen molar-refractivity contribution in [2.24, 2.45) is 0 Å². The molecule has 0 aromatic rings. The van der Waals surface area contributed by atoms with Gasteiger partial charge in [-0.1, -0.05) is 84.0 Å². The van der Waals surface area contributed by atoms with E-state index >= 15 is 0 Å². The molecule has 0 heterocycles. The number of hydrogen-bond donors (Lipinski definition) is 1. The number of carboxylic acid groups (broad SMARTS) is 1. The summed E-state index contributed by atoms with van der Waals surface area (Å²) in [5, 5.41) is 8.49. The molecule has 114 valence electrons. The van der Waals surface area contributed by atoms with Gasteiger partial charge in [0.25, 0.3) is 0 Å². The van der Waals surface area contributed by atoms with Gasteiger partial charge < -0.3 is 5.11 Å². The van der Waals surface area contributed by atoms with Gasteiger partial charge in [0, 0.05) is 6.42 Å². The second kappa shape index (κ2) is 18.4. The monoisotopic (exact) mass is 466 g/mol. The Hall–Kier alpha value is 0.392. The maximum atomic E-state index is 10.3. The zero-order valence-corrected chi connectivity index (χ0v) is 18.5. The molecule has 1 N–H and O–H groups in total. The first kappa shape index (κ1) is 21.7. The zero-order valence-electron chi connectivity index (χ0n) is 13.0. The fourth-order valence-corrected chi connectivity index (χ4v) is 2.29. The molecule has 0 aliphatic heterocycles. The van der Waals surface area contributed by atoms with Gasteiger partial charge in [-0.3, -0.25) is 4.79 Å². The Morgan fingerprint density at radius 1 is 0.684 bits per heavy atom. The zero-order chi connectivity index (χ0) is 13.5. The van der Waals surface area contributed by atoms with Crippen LogP contribution in [0.15, 0.2) is 0 Å². The molecule has 0 bridgehead atoms. The molecular weight excluding hydrogens is 431 g/mol. The van der Waals surface area contributed by atoms with E-state index in [1.807, 2.05) is 0 Å². The minimum absolute atomic E-state index is 0. The topological polar surface area (TPSA) is 37.3 Å². The van der Waals surface area contributed by atoms with Crippen LogP contribution in [0.5, 0.6) is 0 Å². The first-order valence-corrected chi connectivity index (χ1v) is 7.99. The van der Waals surface area contributed by atoms with Gasteiger partial charge in [-0.15, -0.1) is 0 Å². The molecule has 0 aliphatic rings. The van der Waals surface area contributed by atoms with Crippen molar-refractivity contribution in [2.45, 2.75) is 96.8 Å². The van der Waals surface area contributed by atoms with E-state index in [4.69, 9.17) is 5.11 Å². The van der Waals surface area contributed by atoms with Crippen LogP contribution in [0.4, 0.5) is 0 Å². The van der Waals surface area contributed by atoms with E-state index in [-0.39, 0.29) is 27.3 Å². The first-order chi connectivity index (χ1) is 8.77. The van der Waals surface area contributed by atoms with E-state index in [1.165, 1.54) is 70.6 Å². The number of carbonyl (C=O) groups is 1. The molecule has 0 aromatic heterocycles. The molecule has 2 radical (unpaired) electrons. The summed E-state index contributed by atoms with van der Waals surface area (Å²) in [4.78, 5) is 10.3. The van der Waals surface area contributed by atoms with Crippen LogP contribution in [0.2, 0.25) is 0 Å². The van der Waals surface area contributed by atoms with Crippen molar-refractivity contribution in [1.82, 2.24) is 0 Å². The SMILES string of the molecule is CCCCCCCCCCCCCCCC(=O)O.[PbH2]. The Kier molecular flexibility index (Phi) is 21.0. The van der Waals surface area contributed by atoms with Crippen molar-refractivity contribution in [2.75, 3.05) is 0 Å². The van der Waals surface area contributed by atoms with Crippen molar-refractivity contribution in [3.8, 4) is 0 Å². The molecule has 0 spiro atoms. The second-order valence-corrected chi connectivity index (χ2v) is 5.39. The van der Waals surface area contributed by atoms with E-state index < -0.39 is 5.97 Å². The molecule has 19 heavy (non-hydrogen) atoms. The van der Waals surface area contributed by atoms with Gasteiger partial charge in [0.2, 0.25) is 0 Å². The van der Waals surface area contributed by atoms with Crippen LogP contribution in [0.25, 0.3) is 0 Å². The van der Waals surface area contributed by atoms with Gasteiger partial charge in [0.1, 0.15) is 0 Å². The second-order valence-electron chi connectivity index (χ2n) is 5.39. The molecule has 0 unspecified atom stereocenters. The Morgan fingerprint density at radius 2 is 1.00 bits per heavy atom. The first-order valence-electron chi connectivity index (χ1n) is 7.99. The summed E-state index contributed by atoms with van der Waals surface area (Å²) in [5.74, 6) is -0.655. The predicted molar refractivity (Wildman–Crippen MR) is 86.5 cm³/mol. The Balaban J connectivity index is 0. The normalized spacial score (nSPS) is 10.2. The molecule has 0 amide bonds. The van der Waals surface area contributed by atoms with Gasteiger partial charge in [-0.25, -0.2) is 0 Å². The van der Waals surface area contributed by atoms with E-state index in [2.05, 4.69) is 6.92 Å². The number of rotatable bonds is 14. The van der Waals surface area contributed by atoms with E-state index in [1.54, 1.807) is 0 Å². The molecule has 0 aromatic carbocycles. The van der Waals surface area contributed by atoms with Gasteiger partial charge in [-0.05, 0) is 6.42 Å². The fraction of sp³-hybridized carbons (Fsp3) is 0.938. The van der Waals surface area contributed by atoms with E-state index in [0.717, 1.165) is 12.8 Å². The van der Waals surface area contributed by atoms with Crippen LogP contribution in [-0.2, 0) is 4.79 Å². The van der Waals surface area contributed by atoms with Crippen molar-refractivity contribution < 1.29 is 9.90 Å². The maximum absolute atomic E-state index is 10.3. The number of carboxylic acids is 1. The number of hydrogen-bond acceptors (Lipinski definition) is 1. The summed E-state index contributed by atoms with van der Waals surface area (Å²) in [5.41, 5.74) is 0. The Bertz CT molecular complexity index is 184. The average molecular weight is 466 g/mol. The standard InChI is InChI=1S/C16H32O2.Pb.2H/c1-2-3-4-5-6-7-8-9-10-11-12-13-14-15-16(17)18;;;/h2-15H2,1H3,(H,17,18);;;. The predicted octanol–water partition coefficient (Wildman–Crippen LogP) is 4.64. The molecule has 0 rings (SSSR count). The number of unbranched alkanes of at least 4 members (excludes halogenated alkanes) is 12. The third-order valence-electron chi connectivity index (χ3n) is 3.49. The number of aliphatic carboxylic acids is 1. The summed E-state index contributed by atoms with van der Waals surface area (Å²) < 4.78 is 0. The van der Waals surface area contributed by atoms with Gasteiger partial charge in [-0.2, -0.15) is 0 Å². The van der Waals surface area contributed by atoms with Crippen molar-refractivity contribution in [3.63, 3.8) is 0 Å². The van der Waals surface area contributed by atoms with Crippen LogP contribution in [0.1, 0.15) is 96.8 Å². The van der Waals surface area contributed by atoms with Crippen LogP contribution in [0.3, 0.4) is 0 Å². The van der Waals surface area contributed by atoms with Crippen LogP contribution in [-0.4, -0.2) is 38.4 Å². The fourth-order valence-electron chi connectivity index (χ4n) is 2.29. The Labute approximate surface area is 139 Å². The van der Waals surface area contributed by atoms with Crippen LogP contribution >= 0.6 is 0 Å². The third-order valence-corrected chi connectivity index (χ3v) is 3.49. The molecule has 2 nitrogen and oxygen atoms in total. The molecule has 0 saturated carbocycles. The van der Waals surface area contributed by atoms with Crippen molar-refractivity contribution in [1.29, 1.82) is 0 Å². The summed E-state index contributed by atoms with van der Waals surface area (Å²) in [6.07, 6.45) is 17.3. The third kappa shape index (κ3) is 20.9. The summed E-state index contributed by atoms with van der Waals surface area (Å²) >= 11 is 0. The minimum atomic E-state index is -0.655. The molecule has 0 fully saturated rings. The van der Waals surface area contributed by atoms with Crippen LogP contribution in [0, 0.1) is 0 Å². The average Bonchev–Trinajstić information content (AvgIpc) is 2.34. The Morgan fingerprint density at radius 3 is 1.32 bits per heavy atom. The van der Waals surface area contributed by atoms with Gasteiger partial charge >= 0.3 is 33.3 Å². The van der Waals surface area contributed by atoms with E-state index in [9.17, 15) is 4.79 Å². The van der Waals surface area contributed by atoms with Crippen molar-refractivity contribution >= 4 is 33.3 Å². The molecule has 3 heteroatoms. The molecule has 0 aliphatic carbocycles. The van der Waals surface area contributed by atoms with Gasteiger partial charge in [0.05, 0.1) is 0 Å². The van der Waals surface area contributed by atoms with Gasteiger partial charge in [0.15, 0.2) is 0 Å². The molecule has 0 saturated heterocycles. The quantitative estimate of drug-likeness (QED) is 0.300. The summed E-state index contributed by atoms with van der Waals surface area (Å²) in [6.45, 7) is 2.26.